The number of halogens is 3. The molecule has 22 heavy (non-hydrogen) atoms. The van der Waals surface area contributed by atoms with Crippen molar-refractivity contribution >= 4 is 5.97 Å². The third kappa shape index (κ3) is 6.25. The molecule has 0 radical (unpaired) electrons. The molecule has 0 aromatic rings. The van der Waals surface area contributed by atoms with Crippen molar-refractivity contribution in [1.29, 1.82) is 0 Å². The zero-order chi connectivity index (χ0) is 16.6. The second-order valence-corrected chi connectivity index (χ2v) is 5.31. The molecule has 1 heterocycles. The summed E-state index contributed by atoms with van der Waals surface area (Å²) in [6.45, 7) is 5.11. The molecule has 1 aliphatic rings. The summed E-state index contributed by atoms with van der Waals surface area (Å²) in [5.74, 6) is -1.33. The first-order valence-corrected chi connectivity index (χ1v) is 7.70. The molecule has 0 aliphatic carbocycles. The van der Waals surface area contributed by atoms with Gasteiger partial charge in [0.05, 0.1) is 6.10 Å². The number of ether oxygens (including phenoxy) is 2. The molecule has 1 unspecified atom stereocenters. The van der Waals surface area contributed by atoms with Crippen molar-refractivity contribution in [3.63, 3.8) is 0 Å². The van der Waals surface area contributed by atoms with Crippen molar-refractivity contribution in [2.75, 3.05) is 26.3 Å². The molecule has 128 valence electrons. The molecule has 0 aromatic carbocycles. The van der Waals surface area contributed by atoms with Gasteiger partial charge in [-0.3, -0.25) is 0 Å². The van der Waals surface area contributed by atoms with Crippen LogP contribution in [0, 0.1) is 0 Å². The Kier molecular flexibility index (Phi) is 7.72. The van der Waals surface area contributed by atoms with Crippen molar-refractivity contribution in [1.82, 2.24) is 4.90 Å². The Hall–Kier alpha value is -1.24. The number of carbonyl (C=O) groups excluding carboxylic acids is 1. The number of carbonyl (C=O) groups is 1. The number of hydrogen-bond acceptors (Lipinski definition) is 4. The highest BCUT2D eigenvalue weighted by Gasteiger charge is 2.40. The smallest absolute Gasteiger partial charge is 0.424 e. The maximum atomic E-state index is 13.1. The van der Waals surface area contributed by atoms with E-state index in [0.29, 0.717) is 39.0 Å². The van der Waals surface area contributed by atoms with Crippen LogP contribution in [0.5, 0.6) is 0 Å². The van der Waals surface area contributed by atoms with Crippen LogP contribution >= 0.6 is 0 Å². The van der Waals surface area contributed by atoms with Gasteiger partial charge in [0.15, 0.2) is 5.57 Å². The van der Waals surface area contributed by atoms with Crippen LogP contribution in [-0.2, 0) is 14.3 Å². The van der Waals surface area contributed by atoms with E-state index >= 15 is 0 Å². The predicted octanol–water partition coefficient (Wildman–Crippen LogP) is 3.28. The molecule has 4 nitrogen and oxygen atoms in total. The molecule has 7 heteroatoms. The van der Waals surface area contributed by atoms with Gasteiger partial charge in [-0.25, -0.2) is 4.79 Å². The highest BCUT2D eigenvalue weighted by molar-refractivity contribution is 5.89. The first-order chi connectivity index (χ1) is 10.4. The molecule has 0 N–H and O–H groups in total. The van der Waals surface area contributed by atoms with Crippen molar-refractivity contribution in [2.24, 2.45) is 0 Å². The van der Waals surface area contributed by atoms with Gasteiger partial charge in [0, 0.05) is 25.9 Å². The van der Waals surface area contributed by atoms with Gasteiger partial charge in [-0.15, -0.1) is 0 Å². The van der Waals surface area contributed by atoms with E-state index in [2.05, 4.69) is 0 Å². The Morgan fingerprint density at radius 2 is 1.95 bits per heavy atom. The predicted molar refractivity (Wildman–Crippen MR) is 76.2 cm³/mol. The molecule has 1 atom stereocenters. The minimum atomic E-state index is -4.73. The monoisotopic (exact) mass is 323 g/mol. The normalized spacial score (nSPS) is 19.3. The van der Waals surface area contributed by atoms with Crippen molar-refractivity contribution in [3.05, 3.63) is 11.8 Å². The van der Waals surface area contributed by atoms with E-state index in [4.69, 9.17) is 9.47 Å². The Morgan fingerprint density at radius 3 is 2.41 bits per heavy atom. The molecule has 0 amide bonds. The summed E-state index contributed by atoms with van der Waals surface area (Å²) in [4.78, 5) is 13.3. The molecule has 0 bridgehead atoms. The van der Waals surface area contributed by atoms with Gasteiger partial charge < -0.3 is 14.4 Å². The quantitative estimate of drug-likeness (QED) is 0.508. The molecule has 0 spiro atoms. The van der Waals surface area contributed by atoms with Crippen molar-refractivity contribution in [3.8, 4) is 0 Å². The number of esters is 1. The van der Waals surface area contributed by atoms with Gasteiger partial charge in [0.1, 0.15) is 6.61 Å². The summed E-state index contributed by atoms with van der Waals surface area (Å²) in [7, 11) is 0. The fourth-order valence-corrected chi connectivity index (χ4v) is 2.26. The van der Waals surface area contributed by atoms with Crippen LogP contribution in [0.25, 0.3) is 0 Å². The first-order valence-electron chi connectivity index (χ1n) is 7.70. The molecule has 1 aliphatic heterocycles. The lowest BCUT2D eigenvalue weighted by Gasteiger charge is -2.21. The third-order valence-electron chi connectivity index (χ3n) is 3.28. The van der Waals surface area contributed by atoms with E-state index in [1.54, 1.807) is 0 Å². The lowest BCUT2D eigenvalue weighted by Crippen LogP contribution is -2.29. The Balaban J connectivity index is 2.74. The molecule has 0 saturated carbocycles. The van der Waals surface area contributed by atoms with E-state index in [9.17, 15) is 18.0 Å². The molecule has 1 saturated heterocycles. The average Bonchev–Trinajstić information content (AvgIpc) is 2.94. The lowest BCUT2D eigenvalue weighted by molar-refractivity contribution is -0.153. The fraction of sp³-hybridized carbons (Fsp3) is 0.800. The van der Waals surface area contributed by atoms with Gasteiger partial charge in [-0.2, -0.15) is 13.2 Å². The molecule has 1 fully saturated rings. The van der Waals surface area contributed by atoms with Crippen LogP contribution in [0.15, 0.2) is 11.8 Å². The largest absolute Gasteiger partial charge is 0.459 e. The van der Waals surface area contributed by atoms with Crippen LogP contribution in [0.1, 0.15) is 39.5 Å². The summed E-state index contributed by atoms with van der Waals surface area (Å²) in [6.07, 6.45) is -1.20. The Labute approximate surface area is 129 Å². The molecule has 1 rings (SSSR count). The van der Waals surface area contributed by atoms with Gasteiger partial charge >= 0.3 is 12.1 Å². The van der Waals surface area contributed by atoms with Crippen molar-refractivity contribution in [2.45, 2.75) is 51.8 Å². The van der Waals surface area contributed by atoms with Crippen LogP contribution in [0.2, 0.25) is 0 Å². The van der Waals surface area contributed by atoms with Crippen LogP contribution in [-0.4, -0.2) is 49.5 Å². The van der Waals surface area contributed by atoms with E-state index < -0.39 is 17.7 Å². The summed E-state index contributed by atoms with van der Waals surface area (Å²) in [6, 6.07) is 0. The van der Waals surface area contributed by atoms with Crippen LogP contribution in [0.4, 0.5) is 13.2 Å². The minimum Gasteiger partial charge on any atom is -0.459 e. The van der Waals surface area contributed by atoms with Gasteiger partial charge in [-0.05, 0) is 25.7 Å². The zero-order valence-electron chi connectivity index (χ0n) is 13.1. The lowest BCUT2D eigenvalue weighted by atomic mass is 10.2. The fourth-order valence-electron chi connectivity index (χ4n) is 2.26. The Bertz CT molecular complexity index is 371. The summed E-state index contributed by atoms with van der Waals surface area (Å²) >= 11 is 0. The highest BCUT2D eigenvalue weighted by atomic mass is 19.4. The minimum absolute atomic E-state index is 0.131. The van der Waals surface area contributed by atoms with Gasteiger partial charge in [0.2, 0.25) is 0 Å². The van der Waals surface area contributed by atoms with E-state index in [0.717, 1.165) is 12.6 Å². The summed E-state index contributed by atoms with van der Waals surface area (Å²) in [5, 5.41) is 0. The van der Waals surface area contributed by atoms with Gasteiger partial charge in [0.25, 0.3) is 0 Å². The second-order valence-electron chi connectivity index (χ2n) is 5.31. The van der Waals surface area contributed by atoms with E-state index in [1.807, 2.05) is 13.8 Å². The topological polar surface area (TPSA) is 38.8 Å². The maximum absolute atomic E-state index is 13.1. The molecular formula is C15H24F3NO3. The van der Waals surface area contributed by atoms with Crippen LogP contribution < -0.4 is 0 Å². The van der Waals surface area contributed by atoms with Crippen molar-refractivity contribution < 1.29 is 27.4 Å². The molecule has 0 aromatic heterocycles. The SMILES string of the molecule is CCCN(/C=C(\C(=O)OCC1CCCO1)C(F)(F)F)CCC. The standard InChI is InChI=1S/C15H24F3NO3/c1-3-7-19(8-4-2)10-13(15(16,17)18)14(20)22-11-12-6-5-9-21-12/h10,12H,3-9,11H2,1-2H3/b13-10+. The number of rotatable bonds is 8. The number of alkyl halides is 3. The Morgan fingerprint density at radius 1 is 1.32 bits per heavy atom. The summed E-state index contributed by atoms with van der Waals surface area (Å²) < 4.78 is 49.3. The molecular weight excluding hydrogens is 299 g/mol. The summed E-state index contributed by atoms with van der Waals surface area (Å²) in [5.41, 5.74) is -1.26. The second kappa shape index (κ2) is 9.02. The first kappa shape index (κ1) is 18.8. The zero-order valence-corrected chi connectivity index (χ0v) is 13.1. The number of nitrogens with zero attached hydrogens (tertiary/aromatic N) is 1. The third-order valence-corrected chi connectivity index (χ3v) is 3.28. The average molecular weight is 323 g/mol. The van der Waals surface area contributed by atoms with E-state index in [-0.39, 0.29) is 12.7 Å². The van der Waals surface area contributed by atoms with Gasteiger partial charge in [-0.1, -0.05) is 13.8 Å². The highest BCUT2D eigenvalue weighted by Crippen LogP contribution is 2.27. The number of hydrogen-bond donors (Lipinski definition) is 0. The maximum Gasteiger partial charge on any atom is 0.424 e. The van der Waals surface area contributed by atoms with Crippen LogP contribution in [0.3, 0.4) is 0 Å². The van der Waals surface area contributed by atoms with E-state index in [1.165, 1.54) is 4.90 Å².